The molecule has 0 radical (unpaired) electrons. The SMILES string of the molecule is CCNCc1ccc(OCc2ccccc2)cc1OC. The average molecular weight is 271 g/mol. The topological polar surface area (TPSA) is 30.5 Å². The lowest BCUT2D eigenvalue weighted by Gasteiger charge is -2.12. The van der Waals surface area contributed by atoms with Gasteiger partial charge in [-0.2, -0.15) is 0 Å². The fraction of sp³-hybridized carbons (Fsp3) is 0.294. The molecule has 2 aromatic rings. The Balaban J connectivity index is 2.02. The molecule has 0 saturated heterocycles. The van der Waals surface area contributed by atoms with Crippen LogP contribution in [-0.4, -0.2) is 13.7 Å². The van der Waals surface area contributed by atoms with Crippen molar-refractivity contribution in [3.8, 4) is 11.5 Å². The molecule has 1 N–H and O–H groups in total. The Hall–Kier alpha value is -2.00. The Labute approximate surface area is 120 Å². The Morgan fingerprint density at radius 3 is 2.55 bits per heavy atom. The number of rotatable bonds is 7. The van der Waals surface area contributed by atoms with Gasteiger partial charge in [0.2, 0.25) is 0 Å². The quantitative estimate of drug-likeness (QED) is 0.837. The predicted molar refractivity (Wildman–Crippen MR) is 81.1 cm³/mol. The molecule has 20 heavy (non-hydrogen) atoms. The smallest absolute Gasteiger partial charge is 0.127 e. The van der Waals surface area contributed by atoms with Crippen LogP contribution in [0.5, 0.6) is 11.5 Å². The van der Waals surface area contributed by atoms with E-state index in [4.69, 9.17) is 9.47 Å². The molecule has 0 aliphatic rings. The molecular formula is C17H21NO2. The maximum Gasteiger partial charge on any atom is 0.127 e. The van der Waals surface area contributed by atoms with E-state index in [1.54, 1.807) is 7.11 Å². The van der Waals surface area contributed by atoms with Crippen LogP contribution in [0.1, 0.15) is 18.1 Å². The normalized spacial score (nSPS) is 10.3. The zero-order chi connectivity index (χ0) is 14.2. The van der Waals surface area contributed by atoms with Crippen LogP contribution in [0.25, 0.3) is 0 Å². The van der Waals surface area contributed by atoms with E-state index in [1.807, 2.05) is 36.4 Å². The first-order chi connectivity index (χ1) is 9.83. The molecule has 2 aromatic carbocycles. The van der Waals surface area contributed by atoms with Crippen LogP contribution in [0.2, 0.25) is 0 Å². The summed E-state index contributed by atoms with van der Waals surface area (Å²) >= 11 is 0. The van der Waals surface area contributed by atoms with Crippen LogP contribution < -0.4 is 14.8 Å². The van der Waals surface area contributed by atoms with Crippen LogP contribution in [0.15, 0.2) is 48.5 Å². The van der Waals surface area contributed by atoms with Gasteiger partial charge < -0.3 is 14.8 Å². The van der Waals surface area contributed by atoms with Crippen LogP contribution in [0.3, 0.4) is 0 Å². The molecule has 0 aromatic heterocycles. The van der Waals surface area contributed by atoms with Crippen LogP contribution in [0, 0.1) is 0 Å². The molecule has 0 amide bonds. The Kier molecular flexibility index (Phi) is 5.44. The molecule has 0 atom stereocenters. The van der Waals surface area contributed by atoms with Crippen molar-refractivity contribution >= 4 is 0 Å². The number of methoxy groups -OCH3 is 1. The lowest BCUT2D eigenvalue weighted by Crippen LogP contribution is -2.12. The highest BCUT2D eigenvalue weighted by molar-refractivity contribution is 5.40. The summed E-state index contributed by atoms with van der Waals surface area (Å²) in [7, 11) is 1.69. The Morgan fingerprint density at radius 2 is 1.85 bits per heavy atom. The fourth-order valence-corrected chi connectivity index (χ4v) is 1.96. The summed E-state index contributed by atoms with van der Waals surface area (Å²) in [6.45, 7) is 4.40. The third-order valence-corrected chi connectivity index (χ3v) is 3.07. The van der Waals surface area contributed by atoms with Gasteiger partial charge >= 0.3 is 0 Å². The molecule has 0 bridgehead atoms. The number of nitrogens with one attached hydrogen (secondary N) is 1. The molecule has 3 nitrogen and oxygen atoms in total. The van der Waals surface area contributed by atoms with Gasteiger partial charge in [0.05, 0.1) is 7.11 Å². The van der Waals surface area contributed by atoms with E-state index in [1.165, 1.54) is 0 Å². The minimum atomic E-state index is 0.566. The van der Waals surface area contributed by atoms with Gasteiger partial charge in [-0.15, -0.1) is 0 Å². The lowest BCUT2D eigenvalue weighted by atomic mass is 10.2. The molecule has 3 heteroatoms. The molecule has 0 saturated carbocycles. The standard InChI is InChI=1S/C17H21NO2/c1-3-18-12-15-9-10-16(11-17(15)19-2)20-13-14-7-5-4-6-8-14/h4-11,18H,3,12-13H2,1-2H3. The molecule has 0 unspecified atom stereocenters. The molecule has 0 aliphatic carbocycles. The van der Waals surface area contributed by atoms with Gasteiger partial charge in [-0.05, 0) is 18.2 Å². The summed E-state index contributed by atoms with van der Waals surface area (Å²) in [6, 6.07) is 16.1. The van der Waals surface area contributed by atoms with E-state index in [0.717, 1.165) is 35.7 Å². The molecular weight excluding hydrogens is 250 g/mol. The van der Waals surface area contributed by atoms with Crippen LogP contribution in [-0.2, 0) is 13.2 Å². The van der Waals surface area contributed by atoms with Gasteiger partial charge in [0.15, 0.2) is 0 Å². The number of hydrogen-bond acceptors (Lipinski definition) is 3. The minimum absolute atomic E-state index is 0.566. The molecule has 0 heterocycles. The first-order valence-corrected chi connectivity index (χ1v) is 6.88. The lowest BCUT2D eigenvalue weighted by molar-refractivity contribution is 0.303. The van der Waals surface area contributed by atoms with Crippen molar-refractivity contribution in [1.29, 1.82) is 0 Å². The summed E-state index contributed by atoms with van der Waals surface area (Å²) in [4.78, 5) is 0. The number of ether oxygens (including phenoxy) is 2. The van der Waals surface area contributed by atoms with Gasteiger partial charge in [0, 0.05) is 18.2 Å². The number of benzene rings is 2. The zero-order valence-corrected chi connectivity index (χ0v) is 12.1. The molecule has 2 rings (SSSR count). The van der Waals surface area contributed by atoms with Crippen molar-refractivity contribution in [2.24, 2.45) is 0 Å². The largest absolute Gasteiger partial charge is 0.496 e. The van der Waals surface area contributed by atoms with E-state index in [-0.39, 0.29) is 0 Å². The van der Waals surface area contributed by atoms with Crippen molar-refractivity contribution < 1.29 is 9.47 Å². The van der Waals surface area contributed by atoms with Crippen LogP contribution >= 0.6 is 0 Å². The Bertz CT molecular complexity index is 526. The highest BCUT2D eigenvalue weighted by Crippen LogP contribution is 2.25. The summed E-state index contributed by atoms with van der Waals surface area (Å²) in [5.74, 6) is 1.68. The van der Waals surface area contributed by atoms with E-state index in [9.17, 15) is 0 Å². The highest BCUT2D eigenvalue weighted by Gasteiger charge is 2.05. The summed E-state index contributed by atoms with van der Waals surface area (Å²) < 4.78 is 11.2. The second-order valence-electron chi connectivity index (χ2n) is 4.53. The molecule has 0 spiro atoms. The fourth-order valence-electron chi connectivity index (χ4n) is 1.96. The van der Waals surface area contributed by atoms with Gasteiger partial charge in [-0.3, -0.25) is 0 Å². The zero-order valence-electron chi connectivity index (χ0n) is 12.1. The maximum absolute atomic E-state index is 5.79. The van der Waals surface area contributed by atoms with Gasteiger partial charge in [0.1, 0.15) is 18.1 Å². The first-order valence-electron chi connectivity index (χ1n) is 6.88. The third-order valence-electron chi connectivity index (χ3n) is 3.07. The van der Waals surface area contributed by atoms with E-state index >= 15 is 0 Å². The van der Waals surface area contributed by atoms with Crippen LogP contribution in [0.4, 0.5) is 0 Å². The first kappa shape index (κ1) is 14.4. The molecule has 106 valence electrons. The van der Waals surface area contributed by atoms with E-state index < -0.39 is 0 Å². The van der Waals surface area contributed by atoms with Crippen molar-refractivity contribution in [2.75, 3.05) is 13.7 Å². The summed E-state index contributed by atoms with van der Waals surface area (Å²) in [5.41, 5.74) is 2.30. The summed E-state index contributed by atoms with van der Waals surface area (Å²) in [5, 5.41) is 3.30. The van der Waals surface area contributed by atoms with E-state index in [0.29, 0.717) is 6.61 Å². The maximum atomic E-state index is 5.79. The van der Waals surface area contributed by atoms with Gasteiger partial charge in [-0.1, -0.05) is 43.3 Å². The monoisotopic (exact) mass is 271 g/mol. The van der Waals surface area contributed by atoms with Crippen molar-refractivity contribution in [2.45, 2.75) is 20.1 Å². The van der Waals surface area contributed by atoms with Crippen molar-refractivity contribution in [3.05, 3.63) is 59.7 Å². The third kappa shape index (κ3) is 4.00. The second kappa shape index (κ2) is 7.56. The van der Waals surface area contributed by atoms with E-state index in [2.05, 4.69) is 24.4 Å². The number of hydrogen-bond donors (Lipinski definition) is 1. The van der Waals surface area contributed by atoms with Crippen molar-refractivity contribution in [1.82, 2.24) is 5.32 Å². The molecule has 0 aliphatic heterocycles. The molecule has 0 fully saturated rings. The van der Waals surface area contributed by atoms with Gasteiger partial charge in [0.25, 0.3) is 0 Å². The Morgan fingerprint density at radius 1 is 1.05 bits per heavy atom. The second-order valence-corrected chi connectivity index (χ2v) is 4.53. The highest BCUT2D eigenvalue weighted by atomic mass is 16.5. The minimum Gasteiger partial charge on any atom is -0.496 e. The van der Waals surface area contributed by atoms with Gasteiger partial charge in [-0.25, -0.2) is 0 Å². The predicted octanol–water partition coefficient (Wildman–Crippen LogP) is 3.38. The average Bonchev–Trinajstić information content (AvgIpc) is 2.52. The van der Waals surface area contributed by atoms with Crippen molar-refractivity contribution in [3.63, 3.8) is 0 Å². The summed E-state index contributed by atoms with van der Waals surface area (Å²) in [6.07, 6.45) is 0.